The Hall–Kier alpha value is -3.94. The number of hydrogen-bond acceptors (Lipinski definition) is 9. The molecular weight excluding hydrogens is 568 g/mol. The highest BCUT2D eigenvalue weighted by Crippen LogP contribution is 2.33. The molecular formula is C33H36N2O9. The van der Waals surface area contributed by atoms with Crippen molar-refractivity contribution in [1.29, 1.82) is 0 Å². The van der Waals surface area contributed by atoms with Gasteiger partial charge < -0.3 is 33.5 Å². The zero-order chi connectivity index (χ0) is 30.6. The molecule has 4 atom stereocenters. The van der Waals surface area contributed by atoms with E-state index >= 15 is 0 Å². The van der Waals surface area contributed by atoms with Gasteiger partial charge >= 0.3 is 5.69 Å². The predicted octanol–water partition coefficient (Wildman–Crippen LogP) is 3.19. The monoisotopic (exact) mass is 604 g/mol. The molecule has 44 heavy (non-hydrogen) atoms. The van der Waals surface area contributed by atoms with E-state index in [-0.39, 0.29) is 26.9 Å². The summed E-state index contributed by atoms with van der Waals surface area (Å²) in [7, 11) is 0. The Balaban J connectivity index is 1.30. The molecule has 3 aromatic carbocycles. The molecule has 1 fully saturated rings. The van der Waals surface area contributed by atoms with Gasteiger partial charge in [-0.2, -0.15) is 0 Å². The van der Waals surface area contributed by atoms with E-state index in [1.54, 1.807) is 0 Å². The Morgan fingerprint density at radius 3 is 1.68 bits per heavy atom. The molecule has 0 radical (unpaired) electrons. The number of hydrogen-bond donors (Lipinski definition) is 1. The Labute approximate surface area is 254 Å². The molecule has 0 spiro atoms. The van der Waals surface area contributed by atoms with Crippen molar-refractivity contribution in [1.82, 2.24) is 9.13 Å². The van der Waals surface area contributed by atoms with E-state index in [0.29, 0.717) is 13.2 Å². The molecule has 1 aliphatic heterocycles. The van der Waals surface area contributed by atoms with Crippen LogP contribution in [0.1, 0.15) is 22.9 Å². The highest BCUT2D eigenvalue weighted by molar-refractivity contribution is 5.14. The fraction of sp³-hybridized carbons (Fsp3) is 0.333. The van der Waals surface area contributed by atoms with Gasteiger partial charge in [0.05, 0.1) is 26.4 Å². The lowest BCUT2D eigenvalue weighted by Gasteiger charge is -2.25. The van der Waals surface area contributed by atoms with Gasteiger partial charge in [0.15, 0.2) is 6.23 Å². The Morgan fingerprint density at radius 1 is 0.659 bits per heavy atom. The molecule has 1 N–H and O–H groups in total. The zero-order valence-electron chi connectivity index (χ0n) is 24.2. The SMILES string of the molecule is O=c1ccn([C@@H]2O[C@H](CO)[C@@H](OCOCc3ccccc3)[C@H]2OCOCc2ccccc2)c(=O)n1COCc1ccccc1. The number of rotatable bonds is 16. The van der Waals surface area contributed by atoms with Gasteiger partial charge in [0.25, 0.3) is 5.56 Å². The third-order valence-corrected chi connectivity index (χ3v) is 7.08. The highest BCUT2D eigenvalue weighted by Gasteiger charge is 2.47. The van der Waals surface area contributed by atoms with Crippen molar-refractivity contribution in [3.8, 4) is 0 Å². The zero-order valence-corrected chi connectivity index (χ0v) is 24.2. The fourth-order valence-corrected chi connectivity index (χ4v) is 4.85. The molecule has 2 heterocycles. The average Bonchev–Trinajstić information content (AvgIpc) is 3.41. The molecule has 0 saturated carbocycles. The van der Waals surface area contributed by atoms with Gasteiger partial charge in [-0.1, -0.05) is 91.0 Å². The van der Waals surface area contributed by atoms with Crippen molar-refractivity contribution in [2.24, 2.45) is 0 Å². The van der Waals surface area contributed by atoms with Gasteiger partial charge in [-0.25, -0.2) is 9.36 Å². The summed E-state index contributed by atoms with van der Waals surface area (Å²) in [6.07, 6.45) is -2.26. The van der Waals surface area contributed by atoms with Gasteiger partial charge in [0, 0.05) is 12.3 Å². The third kappa shape index (κ3) is 8.36. The Kier molecular flexibility index (Phi) is 11.6. The molecule has 0 aliphatic carbocycles. The standard InChI is InChI=1S/C33H36N2O9/c36-18-28-30(42-23-40-20-26-12-6-2-7-13-26)31(43-24-41-21-27-14-8-3-9-15-27)32(44-28)34-17-16-29(37)35(33(34)38)22-39-19-25-10-4-1-5-11-25/h1-17,28,30-32,36H,18-24H2/t28-,30-,31-,32-/m1/s1. The largest absolute Gasteiger partial charge is 0.394 e. The number of benzene rings is 3. The summed E-state index contributed by atoms with van der Waals surface area (Å²) in [6.45, 7) is -0.0762. The summed E-state index contributed by atoms with van der Waals surface area (Å²) in [6, 6.07) is 29.9. The number of aliphatic hydroxyl groups excluding tert-OH is 1. The number of aromatic nitrogens is 2. The first-order valence-corrected chi connectivity index (χ1v) is 14.3. The lowest BCUT2D eigenvalue weighted by atomic mass is 10.1. The van der Waals surface area contributed by atoms with Crippen LogP contribution in [0.2, 0.25) is 0 Å². The van der Waals surface area contributed by atoms with E-state index in [9.17, 15) is 14.7 Å². The minimum absolute atomic E-state index is 0.113. The van der Waals surface area contributed by atoms with Gasteiger partial charge in [-0.15, -0.1) is 0 Å². The minimum Gasteiger partial charge on any atom is -0.394 e. The van der Waals surface area contributed by atoms with Crippen LogP contribution in [0.25, 0.3) is 0 Å². The Bertz CT molecular complexity index is 1530. The van der Waals surface area contributed by atoms with Crippen molar-refractivity contribution in [2.75, 3.05) is 20.2 Å². The second-order valence-electron chi connectivity index (χ2n) is 10.1. The minimum atomic E-state index is -1.04. The highest BCUT2D eigenvalue weighted by atomic mass is 16.7. The quantitative estimate of drug-likeness (QED) is 0.152. The van der Waals surface area contributed by atoms with Crippen LogP contribution in [0, 0.1) is 0 Å². The molecule has 1 aliphatic rings. The summed E-state index contributed by atoms with van der Waals surface area (Å²) in [5.41, 5.74) is 1.65. The van der Waals surface area contributed by atoms with E-state index < -0.39 is 42.4 Å². The van der Waals surface area contributed by atoms with Crippen molar-refractivity contribution in [3.63, 3.8) is 0 Å². The smallest absolute Gasteiger partial charge is 0.335 e. The lowest BCUT2D eigenvalue weighted by molar-refractivity contribution is -0.173. The van der Waals surface area contributed by atoms with Crippen LogP contribution in [0.5, 0.6) is 0 Å². The van der Waals surface area contributed by atoms with Gasteiger partial charge in [-0.3, -0.25) is 9.36 Å². The molecule has 4 aromatic rings. The van der Waals surface area contributed by atoms with E-state index in [0.717, 1.165) is 21.3 Å². The second-order valence-corrected chi connectivity index (χ2v) is 10.1. The van der Waals surface area contributed by atoms with Crippen molar-refractivity contribution in [2.45, 2.75) is 51.1 Å². The summed E-state index contributed by atoms with van der Waals surface area (Å²) in [5.74, 6) is 0. The number of ether oxygens (including phenoxy) is 6. The van der Waals surface area contributed by atoms with Crippen molar-refractivity contribution < 1.29 is 33.5 Å². The van der Waals surface area contributed by atoms with E-state index in [2.05, 4.69) is 0 Å². The normalized spacial score (nSPS) is 19.8. The molecule has 1 saturated heterocycles. The van der Waals surface area contributed by atoms with E-state index in [1.165, 1.54) is 16.8 Å². The van der Waals surface area contributed by atoms with Gasteiger partial charge in [-0.05, 0) is 16.7 Å². The predicted molar refractivity (Wildman–Crippen MR) is 159 cm³/mol. The molecule has 0 bridgehead atoms. The van der Waals surface area contributed by atoms with Gasteiger partial charge in [0.2, 0.25) is 0 Å². The maximum atomic E-state index is 13.5. The fourth-order valence-electron chi connectivity index (χ4n) is 4.85. The molecule has 0 amide bonds. The first-order chi connectivity index (χ1) is 21.6. The van der Waals surface area contributed by atoms with Crippen LogP contribution in [0.4, 0.5) is 0 Å². The van der Waals surface area contributed by atoms with Crippen molar-refractivity contribution >= 4 is 0 Å². The third-order valence-electron chi connectivity index (χ3n) is 7.08. The second kappa shape index (κ2) is 16.2. The van der Waals surface area contributed by atoms with E-state index in [4.69, 9.17) is 28.4 Å². The van der Waals surface area contributed by atoms with Crippen molar-refractivity contribution in [3.05, 3.63) is 141 Å². The lowest BCUT2D eigenvalue weighted by Crippen LogP contribution is -2.44. The topological polar surface area (TPSA) is 120 Å². The maximum Gasteiger partial charge on any atom is 0.335 e. The van der Waals surface area contributed by atoms with Crippen LogP contribution in [-0.2, 0) is 55.0 Å². The summed E-state index contributed by atoms with van der Waals surface area (Å²) >= 11 is 0. The summed E-state index contributed by atoms with van der Waals surface area (Å²) in [5, 5.41) is 10.2. The molecule has 0 unspecified atom stereocenters. The molecule has 11 heteroatoms. The number of aliphatic hydroxyl groups is 1. The molecule has 1 aromatic heterocycles. The molecule has 232 valence electrons. The first kappa shape index (κ1) is 31.5. The maximum absolute atomic E-state index is 13.5. The number of nitrogens with zero attached hydrogens (tertiary/aromatic N) is 2. The average molecular weight is 605 g/mol. The Morgan fingerprint density at radius 2 is 1.16 bits per heavy atom. The molecule has 11 nitrogen and oxygen atoms in total. The van der Waals surface area contributed by atoms with Crippen LogP contribution >= 0.6 is 0 Å². The summed E-state index contributed by atoms with van der Waals surface area (Å²) in [4.78, 5) is 26.2. The first-order valence-electron chi connectivity index (χ1n) is 14.3. The van der Waals surface area contributed by atoms with Crippen LogP contribution in [0.15, 0.2) is 113 Å². The van der Waals surface area contributed by atoms with Gasteiger partial charge in [0.1, 0.15) is 38.6 Å². The van der Waals surface area contributed by atoms with E-state index in [1.807, 2.05) is 91.0 Å². The molecule has 5 rings (SSSR count). The van der Waals surface area contributed by atoms with Crippen LogP contribution < -0.4 is 11.2 Å². The van der Waals surface area contributed by atoms with Crippen LogP contribution in [-0.4, -0.2) is 52.7 Å². The summed E-state index contributed by atoms with van der Waals surface area (Å²) < 4.78 is 37.6. The van der Waals surface area contributed by atoms with Crippen LogP contribution in [0.3, 0.4) is 0 Å².